The predicted molar refractivity (Wildman–Crippen MR) is 147 cm³/mol. The molecule has 36 heavy (non-hydrogen) atoms. The average Bonchev–Trinajstić information content (AvgIpc) is 3.21. The lowest BCUT2D eigenvalue weighted by atomic mass is 10.1. The average molecular weight is 517 g/mol. The van der Waals surface area contributed by atoms with Crippen molar-refractivity contribution in [2.75, 3.05) is 5.32 Å². The number of aryl methyl sites for hydroxylation is 1. The molecular formula is C28H25ClN4O2S. The largest absolute Gasteiger partial charge is 0.325 e. The minimum Gasteiger partial charge on any atom is -0.325 e. The molecule has 8 heteroatoms. The lowest BCUT2D eigenvalue weighted by Gasteiger charge is -2.27. The van der Waals surface area contributed by atoms with Gasteiger partial charge in [0, 0.05) is 22.7 Å². The number of amidine groups is 2. The van der Waals surface area contributed by atoms with E-state index in [9.17, 15) is 9.59 Å². The molecule has 0 spiro atoms. The van der Waals surface area contributed by atoms with E-state index in [0.29, 0.717) is 34.6 Å². The third-order valence-corrected chi connectivity index (χ3v) is 7.89. The van der Waals surface area contributed by atoms with Gasteiger partial charge in [0.05, 0.1) is 10.9 Å². The van der Waals surface area contributed by atoms with Gasteiger partial charge in [0.25, 0.3) is 5.91 Å². The molecule has 5 rings (SSSR count). The Hall–Kier alpha value is -3.42. The molecule has 0 bridgehead atoms. The van der Waals surface area contributed by atoms with E-state index in [2.05, 4.69) is 5.32 Å². The first-order valence-electron chi connectivity index (χ1n) is 11.8. The molecule has 3 aromatic carbocycles. The van der Waals surface area contributed by atoms with Crippen LogP contribution in [0.25, 0.3) is 0 Å². The summed E-state index contributed by atoms with van der Waals surface area (Å²) in [5.74, 6) is 0.291. The van der Waals surface area contributed by atoms with Gasteiger partial charge in [-0.25, -0.2) is 9.89 Å². The van der Waals surface area contributed by atoms with Crippen LogP contribution in [0.2, 0.25) is 5.02 Å². The molecule has 2 amide bonds. The van der Waals surface area contributed by atoms with Crippen LogP contribution in [-0.2, 0) is 16.0 Å². The number of fused-ring (bicyclic) bond motifs is 3. The van der Waals surface area contributed by atoms with Crippen LogP contribution >= 0.6 is 23.4 Å². The van der Waals surface area contributed by atoms with Crippen molar-refractivity contribution >= 4 is 57.6 Å². The molecule has 2 atom stereocenters. The Morgan fingerprint density at radius 2 is 1.86 bits per heavy atom. The highest BCUT2D eigenvalue weighted by atomic mass is 35.5. The van der Waals surface area contributed by atoms with Gasteiger partial charge < -0.3 is 5.32 Å². The number of rotatable bonds is 6. The monoisotopic (exact) mass is 516 g/mol. The lowest BCUT2D eigenvalue weighted by molar-refractivity contribution is -0.124. The van der Waals surface area contributed by atoms with Crippen LogP contribution < -0.4 is 5.32 Å². The summed E-state index contributed by atoms with van der Waals surface area (Å²) in [6, 6.07) is 22.4. The van der Waals surface area contributed by atoms with Gasteiger partial charge >= 0.3 is 0 Å². The fraction of sp³-hybridized carbons (Fsp3) is 0.214. The van der Waals surface area contributed by atoms with Crippen molar-refractivity contribution in [3.05, 3.63) is 94.5 Å². The number of thioether (sulfide) groups is 1. The summed E-state index contributed by atoms with van der Waals surface area (Å²) >= 11 is 7.51. The summed E-state index contributed by atoms with van der Waals surface area (Å²) in [6.07, 6.45) is 1.06. The molecule has 0 radical (unpaired) electrons. The number of aliphatic imine (C=N–C) groups is 2. The molecule has 182 valence electrons. The normalized spacial score (nSPS) is 17.1. The van der Waals surface area contributed by atoms with Crippen molar-refractivity contribution in [1.82, 2.24) is 4.90 Å². The van der Waals surface area contributed by atoms with E-state index in [-0.39, 0.29) is 11.8 Å². The number of para-hydroxylation sites is 1. The summed E-state index contributed by atoms with van der Waals surface area (Å²) < 4.78 is 0. The second kappa shape index (κ2) is 10.3. The number of nitrogens with zero attached hydrogens (tertiary/aromatic N) is 3. The van der Waals surface area contributed by atoms with Crippen molar-refractivity contribution in [1.29, 1.82) is 0 Å². The number of hydrogen-bond acceptors (Lipinski definition) is 5. The van der Waals surface area contributed by atoms with Gasteiger partial charge in [-0.05, 0) is 48.7 Å². The van der Waals surface area contributed by atoms with Crippen LogP contribution in [0.1, 0.15) is 30.0 Å². The number of anilines is 1. The number of carbonyl (C=O) groups is 2. The Morgan fingerprint density at radius 1 is 1.11 bits per heavy atom. The van der Waals surface area contributed by atoms with Gasteiger partial charge in [-0.3, -0.25) is 14.6 Å². The van der Waals surface area contributed by atoms with E-state index in [0.717, 1.165) is 22.4 Å². The highest BCUT2D eigenvalue weighted by Crippen LogP contribution is 2.36. The van der Waals surface area contributed by atoms with Crippen LogP contribution in [0.15, 0.2) is 82.8 Å². The Kier molecular flexibility index (Phi) is 6.94. The molecule has 3 aromatic rings. The quantitative estimate of drug-likeness (QED) is 0.436. The number of amides is 2. The summed E-state index contributed by atoms with van der Waals surface area (Å²) in [5.41, 5.74) is 4.17. The van der Waals surface area contributed by atoms with Gasteiger partial charge in [-0.15, -0.1) is 0 Å². The van der Waals surface area contributed by atoms with Crippen molar-refractivity contribution in [3.63, 3.8) is 0 Å². The second-order valence-corrected chi connectivity index (χ2v) is 10.3. The van der Waals surface area contributed by atoms with Crippen molar-refractivity contribution in [3.8, 4) is 0 Å². The fourth-order valence-electron chi connectivity index (χ4n) is 4.19. The third-order valence-electron chi connectivity index (χ3n) is 6.17. The molecule has 2 aliphatic heterocycles. The van der Waals surface area contributed by atoms with E-state index in [1.54, 1.807) is 11.0 Å². The summed E-state index contributed by atoms with van der Waals surface area (Å²) in [4.78, 5) is 37.9. The Labute approximate surface area is 219 Å². The molecular weight excluding hydrogens is 492 g/mol. The maximum atomic E-state index is 13.6. The Morgan fingerprint density at radius 3 is 2.61 bits per heavy atom. The molecule has 2 heterocycles. The van der Waals surface area contributed by atoms with E-state index in [4.69, 9.17) is 21.6 Å². The smallest absolute Gasteiger partial charge is 0.259 e. The molecule has 2 aliphatic rings. The summed E-state index contributed by atoms with van der Waals surface area (Å²) in [7, 11) is 0. The van der Waals surface area contributed by atoms with Gasteiger partial charge in [0.15, 0.2) is 5.17 Å². The van der Waals surface area contributed by atoms with E-state index >= 15 is 0 Å². The molecule has 0 saturated carbocycles. The van der Waals surface area contributed by atoms with Gasteiger partial charge in [0.2, 0.25) is 5.91 Å². The topological polar surface area (TPSA) is 74.1 Å². The summed E-state index contributed by atoms with van der Waals surface area (Å²) in [6.45, 7) is 3.85. The molecule has 6 nitrogen and oxygen atoms in total. The predicted octanol–water partition coefficient (Wildman–Crippen LogP) is 6.00. The van der Waals surface area contributed by atoms with Crippen LogP contribution in [0.5, 0.6) is 0 Å². The van der Waals surface area contributed by atoms with E-state index < -0.39 is 11.3 Å². The minimum absolute atomic E-state index is 0.129. The first kappa shape index (κ1) is 24.3. The van der Waals surface area contributed by atoms with E-state index in [1.165, 1.54) is 11.8 Å². The number of nitrogens with one attached hydrogen (secondary N) is 1. The maximum absolute atomic E-state index is 13.6. The number of halogens is 1. The third kappa shape index (κ3) is 4.81. The van der Waals surface area contributed by atoms with Crippen LogP contribution in [0, 0.1) is 6.92 Å². The number of hydrogen-bond donors (Lipinski definition) is 1. The van der Waals surface area contributed by atoms with Gasteiger partial charge in [-0.2, -0.15) is 0 Å². The highest BCUT2D eigenvalue weighted by molar-refractivity contribution is 8.15. The summed E-state index contributed by atoms with van der Waals surface area (Å²) in [5, 5.41) is 3.55. The SMILES string of the molecule is CC[C@H](SC1=Nc2ccccc2C2=N[C@@H](Cc3ccccc3)C(=O)N12)C(=O)Nc1ccc(C)c(Cl)c1. The van der Waals surface area contributed by atoms with Crippen molar-refractivity contribution in [2.24, 2.45) is 9.98 Å². The van der Waals surface area contributed by atoms with Crippen LogP contribution in [0.3, 0.4) is 0 Å². The van der Waals surface area contributed by atoms with Crippen LogP contribution in [0.4, 0.5) is 11.4 Å². The molecule has 0 saturated heterocycles. The fourth-order valence-corrected chi connectivity index (χ4v) is 5.39. The first-order chi connectivity index (χ1) is 17.4. The molecule has 0 aromatic heterocycles. The maximum Gasteiger partial charge on any atom is 0.259 e. The van der Waals surface area contributed by atoms with Crippen molar-refractivity contribution in [2.45, 2.75) is 38.0 Å². The first-order valence-corrected chi connectivity index (χ1v) is 13.1. The van der Waals surface area contributed by atoms with Gasteiger partial charge in [0.1, 0.15) is 11.9 Å². The molecule has 0 fully saturated rings. The van der Waals surface area contributed by atoms with Gasteiger partial charge in [-0.1, -0.05) is 78.8 Å². The molecule has 1 N–H and O–H groups in total. The zero-order valence-corrected chi connectivity index (χ0v) is 21.5. The Bertz CT molecular complexity index is 1390. The number of benzene rings is 3. The number of carbonyl (C=O) groups excluding carboxylic acids is 2. The Balaban J connectivity index is 1.41. The second-order valence-electron chi connectivity index (χ2n) is 8.71. The zero-order chi connectivity index (χ0) is 25.2. The van der Waals surface area contributed by atoms with E-state index in [1.807, 2.05) is 80.6 Å². The standard InChI is InChI=1S/C28H25ClN4O2S/c1-3-24(26(34)30-19-14-13-17(2)21(29)16-19)36-28-32-22-12-8-7-11-20(22)25-31-23(27(35)33(25)28)15-18-9-5-4-6-10-18/h4-14,16,23-24H,3,15H2,1-2H3,(H,30,34)/t23-,24-/m0/s1. The zero-order valence-electron chi connectivity index (χ0n) is 19.9. The van der Waals surface area contributed by atoms with Crippen molar-refractivity contribution < 1.29 is 9.59 Å². The van der Waals surface area contributed by atoms with Crippen LogP contribution in [-0.4, -0.2) is 39.0 Å². The lowest BCUT2D eigenvalue weighted by Crippen LogP contribution is -2.42. The molecule has 0 unspecified atom stereocenters. The molecule has 0 aliphatic carbocycles. The highest BCUT2D eigenvalue weighted by Gasteiger charge is 2.42. The minimum atomic E-state index is -0.539.